The summed E-state index contributed by atoms with van der Waals surface area (Å²) in [4.78, 5) is 8.39. The largest absolute Gasteiger partial charge is 0.477 e. The van der Waals surface area contributed by atoms with E-state index in [-0.39, 0.29) is 24.0 Å². The van der Waals surface area contributed by atoms with Crippen LogP contribution in [0.2, 0.25) is 0 Å². The molecule has 1 aromatic heterocycles. The van der Waals surface area contributed by atoms with E-state index in [9.17, 15) is 0 Å². The molecule has 0 aromatic carbocycles. The number of aromatic nitrogens is 1. The van der Waals surface area contributed by atoms with E-state index in [2.05, 4.69) is 20.6 Å². The lowest BCUT2D eigenvalue weighted by Crippen LogP contribution is -2.38. The SMILES string of the molecule is CN=C(NCCOC)NCc1ccnc(OCC2CC2)c1.I. The highest BCUT2D eigenvalue weighted by molar-refractivity contribution is 14.0. The van der Waals surface area contributed by atoms with Gasteiger partial charge in [0.15, 0.2) is 5.96 Å². The Hall–Kier alpha value is -1.09. The second-order valence-electron chi connectivity index (χ2n) is 5.10. The zero-order valence-corrected chi connectivity index (χ0v) is 15.5. The molecule has 1 fully saturated rings. The number of hydrogen-bond donors (Lipinski definition) is 2. The minimum absolute atomic E-state index is 0. The summed E-state index contributed by atoms with van der Waals surface area (Å²) in [5.41, 5.74) is 1.12. The fourth-order valence-electron chi connectivity index (χ4n) is 1.80. The normalized spacial score (nSPS) is 14.2. The van der Waals surface area contributed by atoms with Crippen molar-refractivity contribution < 1.29 is 9.47 Å². The molecule has 1 heterocycles. The summed E-state index contributed by atoms with van der Waals surface area (Å²) < 4.78 is 10.7. The molecule has 1 aromatic rings. The number of halogens is 1. The predicted octanol–water partition coefficient (Wildman–Crippen LogP) is 1.80. The van der Waals surface area contributed by atoms with Gasteiger partial charge >= 0.3 is 0 Å². The Morgan fingerprint density at radius 2 is 2.23 bits per heavy atom. The van der Waals surface area contributed by atoms with Gasteiger partial charge in [0, 0.05) is 39.5 Å². The van der Waals surface area contributed by atoms with Crippen LogP contribution in [0.4, 0.5) is 0 Å². The van der Waals surface area contributed by atoms with E-state index >= 15 is 0 Å². The van der Waals surface area contributed by atoms with Crippen molar-refractivity contribution in [3.8, 4) is 5.88 Å². The summed E-state index contributed by atoms with van der Waals surface area (Å²) in [6.07, 6.45) is 4.34. The summed E-state index contributed by atoms with van der Waals surface area (Å²) in [6.45, 7) is 2.83. The number of nitrogens with zero attached hydrogens (tertiary/aromatic N) is 2. The van der Waals surface area contributed by atoms with E-state index in [4.69, 9.17) is 9.47 Å². The average molecular weight is 420 g/mol. The van der Waals surface area contributed by atoms with E-state index < -0.39 is 0 Å². The summed E-state index contributed by atoms with van der Waals surface area (Å²) in [6, 6.07) is 3.94. The molecule has 0 spiro atoms. The molecule has 1 saturated carbocycles. The Bertz CT molecular complexity index is 467. The molecule has 0 aliphatic heterocycles. The fourth-order valence-corrected chi connectivity index (χ4v) is 1.80. The number of hydrogen-bond acceptors (Lipinski definition) is 4. The quantitative estimate of drug-likeness (QED) is 0.291. The topological polar surface area (TPSA) is 67.8 Å². The molecular weight excluding hydrogens is 395 g/mol. The van der Waals surface area contributed by atoms with Gasteiger partial charge in [-0.05, 0) is 30.4 Å². The Balaban J connectivity index is 0.00000242. The molecule has 0 atom stereocenters. The molecule has 1 aliphatic carbocycles. The maximum absolute atomic E-state index is 5.68. The van der Waals surface area contributed by atoms with Crippen molar-refractivity contribution in [3.05, 3.63) is 23.9 Å². The third-order valence-electron chi connectivity index (χ3n) is 3.25. The van der Waals surface area contributed by atoms with Gasteiger partial charge in [-0.3, -0.25) is 4.99 Å². The van der Waals surface area contributed by atoms with Crippen LogP contribution in [0.5, 0.6) is 5.88 Å². The van der Waals surface area contributed by atoms with Crippen LogP contribution in [0.3, 0.4) is 0 Å². The van der Waals surface area contributed by atoms with Crippen LogP contribution in [-0.2, 0) is 11.3 Å². The lowest BCUT2D eigenvalue weighted by molar-refractivity contribution is 0.203. The highest BCUT2D eigenvalue weighted by atomic mass is 127. The van der Waals surface area contributed by atoms with Gasteiger partial charge in [0.2, 0.25) is 5.88 Å². The number of methoxy groups -OCH3 is 1. The van der Waals surface area contributed by atoms with Gasteiger partial charge in [-0.15, -0.1) is 24.0 Å². The fraction of sp³-hybridized carbons (Fsp3) is 0.600. The lowest BCUT2D eigenvalue weighted by Gasteiger charge is -2.12. The first kappa shape index (κ1) is 19.0. The van der Waals surface area contributed by atoms with Crippen LogP contribution < -0.4 is 15.4 Å². The molecule has 0 bridgehead atoms. The van der Waals surface area contributed by atoms with Gasteiger partial charge in [0.25, 0.3) is 0 Å². The van der Waals surface area contributed by atoms with Crippen LogP contribution in [-0.4, -0.2) is 44.9 Å². The molecule has 0 amide bonds. The highest BCUT2D eigenvalue weighted by Crippen LogP contribution is 2.29. The summed E-state index contributed by atoms with van der Waals surface area (Å²) in [7, 11) is 3.43. The van der Waals surface area contributed by atoms with Crippen molar-refractivity contribution in [2.45, 2.75) is 19.4 Å². The zero-order valence-electron chi connectivity index (χ0n) is 13.2. The highest BCUT2D eigenvalue weighted by Gasteiger charge is 2.22. The van der Waals surface area contributed by atoms with Crippen molar-refractivity contribution in [2.75, 3.05) is 33.9 Å². The molecule has 0 radical (unpaired) electrons. The number of aliphatic imine (C=N–C) groups is 1. The molecular formula is C15H25IN4O2. The Morgan fingerprint density at radius 3 is 2.91 bits per heavy atom. The summed E-state index contributed by atoms with van der Waals surface area (Å²) >= 11 is 0. The number of nitrogens with one attached hydrogen (secondary N) is 2. The van der Waals surface area contributed by atoms with Gasteiger partial charge in [-0.25, -0.2) is 4.98 Å². The first-order valence-corrected chi connectivity index (χ1v) is 7.33. The summed E-state index contributed by atoms with van der Waals surface area (Å²) in [5.74, 6) is 2.19. The molecule has 2 N–H and O–H groups in total. The second kappa shape index (κ2) is 10.6. The second-order valence-corrected chi connectivity index (χ2v) is 5.10. The van der Waals surface area contributed by atoms with Gasteiger partial charge in [0.05, 0.1) is 13.2 Å². The smallest absolute Gasteiger partial charge is 0.213 e. The number of rotatable bonds is 8. The molecule has 0 saturated heterocycles. The van der Waals surface area contributed by atoms with Crippen molar-refractivity contribution in [3.63, 3.8) is 0 Å². The first-order chi connectivity index (χ1) is 10.3. The van der Waals surface area contributed by atoms with Crippen LogP contribution in [0, 0.1) is 5.92 Å². The molecule has 0 unspecified atom stereocenters. The van der Waals surface area contributed by atoms with Crippen LogP contribution >= 0.6 is 24.0 Å². The van der Waals surface area contributed by atoms with E-state index in [0.29, 0.717) is 19.0 Å². The first-order valence-electron chi connectivity index (χ1n) is 7.33. The minimum atomic E-state index is 0. The van der Waals surface area contributed by atoms with Gasteiger partial charge < -0.3 is 20.1 Å². The molecule has 22 heavy (non-hydrogen) atoms. The van der Waals surface area contributed by atoms with Crippen molar-refractivity contribution >= 4 is 29.9 Å². The van der Waals surface area contributed by atoms with E-state index in [0.717, 1.165) is 30.6 Å². The Morgan fingerprint density at radius 1 is 1.41 bits per heavy atom. The molecule has 1 aliphatic rings. The number of guanidine groups is 1. The van der Waals surface area contributed by atoms with E-state index in [1.54, 1.807) is 20.4 Å². The monoisotopic (exact) mass is 420 g/mol. The maximum Gasteiger partial charge on any atom is 0.213 e. The number of ether oxygens (including phenoxy) is 2. The number of pyridine rings is 1. The van der Waals surface area contributed by atoms with Gasteiger partial charge in [-0.1, -0.05) is 0 Å². The third kappa shape index (κ3) is 7.26. The van der Waals surface area contributed by atoms with Gasteiger partial charge in [0.1, 0.15) is 0 Å². The average Bonchev–Trinajstić information content (AvgIpc) is 3.33. The molecule has 6 nitrogen and oxygen atoms in total. The maximum atomic E-state index is 5.68. The molecule has 7 heteroatoms. The predicted molar refractivity (Wildman–Crippen MR) is 97.9 cm³/mol. The van der Waals surface area contributed by atoms with Crippen molar-refractivity contribution in [2.24, 2.45) is 10.9 Å². The van der Waals surface area contributed by atoms with E-state index in [1.807, 2.05) is 12.1 Å². The standard InChI is InChI=1S/C15H24N4O2.HI/c1-16-15(18-7-8-20-2)19-10-13-5-6-17-14(9-13)21-11-12-3-4-12;/h5-6,9,12H,3-4,7-8,10-11H2,1-2H3,(H2,16,18,19);1H. The Labute approximate surface area is 149 Å². The lowest BCUT2D eigenvalue weighted by atomic mass is 10.2. The van der Waals surface area contributed by atoms with Crippen LogP contribution in [0.15, 0.2) is 23.3 Å². The van der Waals surface area contributed by atoms with Crippen molar-refractivity contribution in [1.29, 1.82) is 0 Å². The zero-order chi connectivity index (χ0) is 14.9. The van der Waals surface area contributed by atoms with Crippen molar-refractivity contribution in [1.82, 2.24) is 15.6 Å². The summed E-state index contributed by atoms with van der Waals surface area (Å²) in [5, 5.41) is 6.42. The Kier molecular flexibility index (Phi) is 9.14. The van der Waals surface area contributed by atoms with Crippen LogP contribution in [0.25, 0.3) is 0 Å². The molecule has 2 rings (SSSR count). The van der Waals surface area contributed by atoms with Crippen LogP contribution in [0.1, 0.15) is 18.4 Å². The third-order valence-corrected chi connectivity index (χ3v) is 3.25. The molecule has 124 valence electrons. The minimum Gasteiger partial charge on any atom is -0.477 e. The van der Waals surface area contributed by atoms with E-state index in [1.165, 1.54) is 12.8 Å². The van der Waals surface area contributed by atoms with Gasteiger partial charge in [-0.2, -0.15) is 0 Å².